The van der Waals surface area contributed by atoms with Crippen molar-refractivity contribution in [1.82, 2.24) is 4.98 Å². The second kappa shape index (κ2) is 7.20. The molecule has 0 saturated heterocycles. The Kier molecular flexibility index (Phi) is 4.99. The van der Waals surface area contributed by atoms with E-state index < -0.39 is 16.8 Å². The Balaban J connectivity index is 1.86. The number of ether oxygens (including phenoxy) is 1. The predicted octanol–water partition coefficient (Wildman–Crippen LogP) is 3.22. The van der Waals surface area contributed by atoms with Gasteiger partial charge in [0.05, 0.1) is 23.3 Å². The smallest absolute Gasteiger partial charge is 0.338 e. The quantitative estimate of drug-likeness (QED) is 0.499. The normalized spacial score (nSPS) is 15.8. The van der Waals surface area contributed by atoms with Crippen molar-refractivity contribution in [3.63, 3.8) is 0 Å². The van der Waals surface area contributed by atoms with Crippen molar-refractivity contribution in [2.45, 2.75) is 26.2 Å². The number of nitro groups is 1. The van der Waals surface area contributed by atoms with Gasteiger partial charge in [-0.05, 0) is 31.2 Å². The zero-order valence-corrected chi connectivity index (χ0v) is 15.1. The van der Waals surface area contributed by atoms with Crippen molar-refractivity contribution in [3.8, 4) is 0 Å². The number of thiazole rings is 1. The van der Waals surface area contributed by atoms with Gasteiger partial charge in [-0.25, -0.2) is 9.78 Å². The molecule has 26 heavy (non-hydrogen) atoms. The van der Waals surface area contributed by atoms with E-state index in [0.29, 0.717) is 11.0 Å². The average molecular weight is 375 g/mol. The highest BCUT2D eigenvalue weighted by molar-refractivity contribution is 7.15. The van der Waals surface area contributed by atoms with E-state index in [1.807, 2.05) is 0 Å². The van der Waals surface area contributed by atoms with Crippen molar-refractivity contribution in [3.05, 3.63) is 50.0 Å². The number of non-ortho nitro benzene ring substituents is 1. The molecule has 0 radical (unpaired) electrons. The standard InChI is InChI=1S/C17H17N3O5S/c1-9-3-4-13-14(5-9)26-17(18-13)19-15(21)10-6-11(16(22)25-2)8-12(7-10)20(23)24/h6-9H,3-5H2,1-2H3,(H,18,19,21). The number of esters is 1. The Morgan fingerprint density at radius 3 is 2.77 bits per heavy atom. The molecule has 8 nitrogen and oxygen atoms in total. The lowest BCUT2D eigenvalue weighted by Gasteiger charge is -2.15. The number of hydrogen-bond donors (Lipinski definition) is 1. The highest BCUT2D eigenvalue weighted by Gasteiger charge is 2.22. The molecule has 0 aliphatic heterocycles. The zero-order chi connectivity index (χ0) is 18.8. The number of methoxy groups -OCH3 is 1. The van der Waals surface area contributed by atoms with Gasteiger partial charge >= 0.3 is 5.97 Å². The lowest BCUT2D eigenvalue weighted by molar-refractivity contribution is -0.384. The Hall–Kier alpha value is -2.81. The topological polar surface area (TPSA) is 111 Å². The minimum absolute atomic E-state index is 0.00106. The molecular weight excluding hydrogens is 358 g/mol. The fraction of sp³-hybridized carbons (Fsp3) is 0.353. The number of nitrogens with one attached hydrogen (secondary N) is 1. The Morgan fingerprint density at radius 2 is 2.08 bits per heavy atom. The first kappa shape index (κ1) is 18.0. The summed E-state index contributed by atoms with van der Waals surface area (Å²) in [6.45, 7) is 2.18. The maximum absolute atomic E-state index is 12.5. The van der Waals surface area contributed by atoms with E-state index in [1.165, 1.54) is 24.5 Å². The lowest BCUT2D eigenvalue weighted by atomic mass is 9.93. The number of fused-ring (bicyclic) bond motifs is 1. The van der Waals surface area contributed by atoms with Crippen molar-refractivity contribution < 1.29 is 19.2 Å². The molecule has 1 unspecified atom stereocenters. The molecule has 0 fully saturated rings. The first-order valence-electron chi connectivity index (χ1n) is 8.05. The number of amides is 1. The van der Waals surface area contributed by atoms with E-state index in [9.17, 15) is 19.7 Å². The third-order valence-corrected chi connectivity index (χ3v) is 5.25. The molecule has 136 valence electrons. The number of nitrogens with zero attached hydrogens (tertiary/aromatic N) is 2. The largest absolute Gasteiger partial charge is 0.465 e. The molecule has 9 heteroatoms. The van der Waals surface area contributed by atoms with Crippen LogP contribution in [0.3, 0.4) is 0 Å². The van der Waals surface area contributed by atoms with Crippen LogP contribution in [0.2, 0.25) is 0 Å². The number of rotatable bonds is 4. The zero-order valence-electron chi connectivity index (χ0n) is 14.3. The monoisotopic (exact) mass is 375 g/mol. The van der Waals surface area contributed by atoms with Crippen molar-refractivity contribution in [1.29, 1.82) is 0 Å². The Labute approximate surface area is 153 Å². The van der Waals surface area contributed by atoms with Crippen LogP contribution in [-0.2, 0) is 17.6 Å². The number of hydrogen-bond acceptors (Lipinski definition) is 7. The highest BCUT2D eigenvalue weighted by atomic mass is 32.1. The fourth-order valence-corrected chi connectivity index (χ4v) is 4.01. The molecule has 0 saturated carbocycles. The number of carbonyl (C=O) groups is 2. The van der Waals surface area contributed by atoms with E-state index in [2.05, 4.69) is 22.0 Å². The summed E-state index contributed by atoms with van der Waals surface area (Å²) >= 11 is 1.42. The summed E-state index contributed by atoms with van der Waals surface area (Å²) in [6, 6.07) is 3.47. The summed E-state index contributed by atoms with van der Waals surface area (Å²) in [4.78, 5) is 40.2. The number of carbonyl (C=O) groups excluding carboxylic acids is 2. The molecule has 1 heterocycles. The molecule has 1 aromatic heterocycles. The first-order chi connectivity index (χ1) is 12.4. The van der Waals surface area contributed by atoms with Crippen molar-refractivity contribution in [2.75, 3.05) is 12.4 Å². The molecular formula is C17H17N3O5S. The minimum Gasteiger partial charge on any atom is -0.465 e. The van der Waals surface area contributed by atoms with Gasteiger partial charge in [-0.3, -0.25) is 20.2 Å². The third-order valence-electron chi connectivity index (χ3n) is 4.22. The van der Waals surface area contributed by atoms with Gasteiger partial charge in [0.1, 0.15) is 0 Å². The molecule has 0 bridgehead atoms. The summed E-state index contributed by atoms with van der Waals surface area (Å²) in [7, 11) is 1.17. The van der Waals surface area contributed by atoms with E-state index in [0.717, 1.165) is 42.0 Å². The SMILES string of the molecule is COC(=O)c1cc(C(=O)Nc2nc3c(s2)CC(C)CC3)cc([N+](=O)[O-])c1. The summed E-state index contributed by atoms with van der Waals surface area (Å²) in [5, 5.41) is 14.2. The number of anilines is 1. The number of aryl methyl sites for hydroxylation is 1. The minimum atomic E-state index is -0.749. The average Bonchev–Trinajstić information content (AvgIpc) is 3.01. The summed E-state index contributed by atoms with van der Waals surface area (Å²) in [6.07, 6.45) is 2.88. The molecule has 3 rings (SSSR count). The molecule has 1 atom stereocenters. The number of aromatic nitrogens is 1. The van der Waals surface area contributed by atoms with E-state index in [-0.39, 0.29) is 16.8 Å². The maximum Gasteiger partial charge on any atom is 0.338 e. The van der Waals surface area contributed by atoms with E-state index >= 15 is 0 Å². The predicted molar refractivity (Wildman–Crippen MR) is 95.7 cm³/mol. The van der Waals surface area contributed by atoms with Crippen molar-refractivity contribution in [2.24, 2.45) is 5.92 Å². The van der Waals surface area contributed by atoms with Gasteiger partial charge in [0, 0.05) is 22.6 Å². The van der Waals surface area contributed by atoms with Gasteiger partial charge in [0.25, 0.3) is 11.6 Å². The molecule has 1 aliphatic rings. The van der Waals surface area contributed by atoms with Crippen LogP contribution in [0.1, 0.15) is 44.6 Å². The Morgan fingerprint density at radius 1 is 1.35 bits per heavy atom. The Bertz CT molecular complexity index is 893. The number of nitro benzene ring substituents is 1. The van der Waals surface area contributed by atoms with Crippen LogP contribution in [0.15, 0.2) is 18.2 Å². The van der Waals surface area contributed by atoms with E-state index in [1.54, 1.807) is 0 Å². The summed E-state index contributed by atoms with van der Waals surface area (Å²) in [5.74, 6) is -0.717. The molecule has 1 aromatic carbocycles. The van der Waals surface area contributed by atoms with Gasteiger partial charge in [0.2, 0.25) is 0 Å². The highest BCUT2D eigenvalue weighted by Crippen LogP contribution is 2.32. The van der Waals surface area contributed by atoms with Crippen LogP contribution < -0.4 is 5.32 Å². The van der Waals surface area contributed by atoms with Crippen LogP contribution in [-0.4, -0.2) is 28.9 Å². The number of benzene rings is 1. The van der Waals surface area contributed by atoms with Crippen LogP contribution in [0, 0.1) is 16.0 Å². The first-order valence-corrected chi connectivity index (χ1v) is 8.86. The molecule has 1 amide bonds. The van der Waals surface area contributed by atoms with E-state index in [4.69, 9.17) is 0 Å². The van der Waals surface area contributed by atoms with Crippen LogP contribution >= 0.6 is 11.3 Å². The summed E-state index contributed by atoms with van der Waals surface area (Å²) < 4.78 is 4.59. The van der Waals surface area contributed by atoms with Gasteiger partial charge < -0.3 is 4.74 Å². The lowest BCUT2D eigenvalue weighted by Crippen LogP contribution is -2.14. The van der Waals surface area contributed by atoms with Gasteiger partial charge in [-0.2, -0.15) is 0 Å². The van der Waals surface area contributed by atoms with Crippen LogP contribution in [0.25, 0.3) is 0 Å². The molecule has 1 N–H and O–H groups in total. The second-order valence-electron chi connectivity index (χ2n) is 6.21. The summed E-state index contributed by atoms with van der Waals surface area (Å²) in [5.41, 5.74) is 0.586. The maximum atomic E-state index is 12.5. The van der Waals surface area contributed by atoms with Crippen LogP contribution in [0.4, 0.5) is 10.8 Å². The fourth-order valence-electron chi connectivity index (χ4n) is 2.85. The molecule has 0 spiro atoms. The van der Waals surface area contributed by atoms with Crippen molar-refractivity contribution >= 4 is 34.0 Å². The van der Waals surface area contributed by atoms with Crippen LogP contribution in [0.5, 0.6) is 0 Å². The van der Waals surface area contributed by atoms with Gasteiger partial charge in [-0.1, -0.05) is 6.92 Å². The second-order valence-corrected chi connectivity index (χ2v) is 7.29. The van der Waals surface area contributed by atoms with Gasteiger partial charge in [-0.15, -0.1) is 11.3 Å². The third kappa shape index (κ3) is 3.72. The van der Waals surface area contributed by atoms with Gasteiger partial charge in [0.15, 0.2) is 5.13 Å². The molecule has 2 aromatic rings. The molecule has 1 aliphatic carbocycles.